The summed E-state index contributed by atoms with van der Waals surface area (Å²) in [7, 11) is 0. The minimum atomic E-state index is -0.623. The van der Waals surface area contributed by atoms with Gasteiger partial charge in [0.1, 0.15) is 10.8 Å². The molecule has 1 atom stereocenters. The molecule has 3 aromatic rings. The lowest BCUT2D eigenvalue weighted by Crippen LogP contribution is -2.27. The number of nitrogens with two attached hydrogens (primary N) is 1. The number of thioether (sulfide) groups is 1. The van der Waals surface area contributed by atoms with Gasteiger partial charge >= 0.3 is 6.03 Å². The number of carbonyl (C=O) groups excluding carboxylic acids is 2. The standard InChI is InChI=1S/C21H23N5O3S/c1-12(15-6-8-16(9-7-15)25-21(22)28)24-19(27)17-5-4-10-23-20(17)30-11-18-13(2)26-29-14(18)3/h4-10,12H,11H2,1-3H3,(H,24,27)(H3,22,25,28). The van der Waals surface area contributed by atoms with Gasteiger partial charge < -0.3 is 20.9 Å². The molecule has 2 aromatic heterocycles. The fourth-order valence-corrected chi connectivity index (χ4v) is 4.03. The molecule has 0 aliphatic heterocycles. The number of aromatic nitrogens is 2. The number of aryl methyl sites for hydroxylation is 2. The smallest absolute Gasteiger partial charge is 0.316 e. The van der Waals surface area contributed by atoms with Gasteiger partial charge in [-0.3, -0.25) is 4.79 Å². The second-order valence-electron chi connectivity index (χ2n) is 6.75. The molecule has 1 aromatic carbocycles. The van der Waals surface area contributed by atoms with Crippen LogP contribution in [0, 0.1) is 13.8 Å². The third-order valence-corrected chi connectivity index (χ3v) is 5.61. The number of primary amides is 1. The highest BCUT2D eigenvalue weighted by Crippen LogP contribution is 2.27. The van der Waals surface area contributed by atoms with Crippen molar-refractivity contribution in [2.24, 2.45) is 5.73 Å². The fraction of sp³-hybridized carbons (Fsp3) is 0.238. The second kappa shape index (κ2) is 9.45. The van der Waals surface area contributed by atoms with Crippen molar-refractivity contribution in [1.82, 2.24) is 15.5 Å². The first-order valence-corrected chi connectivity index (χ1v) is 10.3. The Kier molecular flexibility index (Phi) is 6.73. The molecule has 2 heterocycles. The monoisotopic (exact) mass is 425 g/mol. The molecule has 0 bridgehead atoms. The second-order valence-corrected chi connectivity index (χ2v) is 7.72. The highest BCUT2D eigenvalue weighted by molar-refractivity contribution is 7.98. The van der Waals surface area contributed by atoms with E-state index in [9.17, 15) is 9.59 Å². The quantitative estimate of drug-likeness (QED) is 0.492. The Morgan fingerprint density at radius 1 is 1.20 bits per heavy atom. The summed E-state index contributed by atoms with van der Waals surface area (Å²) in [4.78, 5) is 28.2. The van der Waals surface area contributed by atoms with Crippen molar-refractivity contribution in [3.63, 3.8) is 0 Å². The summed E-state index contributed by atoms with van der Waals surface area (Å²) in [6.45, 7) is 5.65. The van der Waals surface area contributed by atoms with Gasteiger partial charge in [0.2, 0.25) is 0 Å². The van der Waals surface area contributed by atoms with Gasteiger partial charge in [-0.15, -0.1) is 11.8 Å². The van der Waals surface area contributed by atoms with E-state index in [0.717, 1.165) is 22.6 Å². The number of carbonyl (C=O) groups is 2. The molecule has 156 valence electrons. The minimum absolute atomic E-state index is 0.212. The minimum Gasteiger partial charge on any atom is -0.361 e. The van der Waals surface area contributed by atoms with Crippen molar-refractivity contribution >= 4 is 29.4 Å². The van der Waals surface area contributed by atoms with Crippen molar-refractivity contribution < 1.29 is 14.1 Å². The zero-order valence-electron chi connectivity index (χ0n) is 16.9. The summed E-state index contributed by atoms with van der Waals surface area (Å²) in [6, 6.07) is 9.76. The number of urea groups is 1. The normalized spacial score (nSPS) is 11.7. The molecule has 9 heteroatoms. The molecule has 3 amide bonds. The van der Waals surface area contributed by atoms with Crippen LogP contribution in [-0.4, -0.2) is 22.1 Å². The highest BCUT2D eigenvalue weighted by atomic mass is 32.2. The predicted octanol–water partition coefficient (Wildman–Crippen LogP) is 3.96. The molecule has 0 aliphatic carbocycles. The van der Waals surface area contributed by atoms with Gasteiger partial charge in [0.25, 0.3) is 5.91 Å². The number of benzene rings is 1. The van der Waals surface area contributed by atoms with Crippen LogP contribution in [0.5, 0.6) is 0 Å². The number of anilines is 1. The van der Waals surface area contributed by atoms with Gasteiger partial charge in [-0.2, -0.15) is 0 Å². The van der Waals surface area contributed by atoms with Crippen LogP contribution in [0.3, 0.4) is 0 Å². The third-order valence-electron chi connectivity index (χ3n) is 4.58. The number of nitrogens with one attached hydrogen (secondary N) is 2. The molecular formula is C21H23N5O3S. The number of hydrogen-bond acceptors (Lipinski definition) is 6. The Balaban J connectivity index is 1.68. The van der Waals surface area contributed by atoms with Gasteiger partial charge in [0.05, 0.1) is 17.3 Å². The van der Waals surface area contributed by atoms with E-state index in [2.05, 4.69) is 20.8 Å². The Hall–Kier alpha value is -3.33. The summed E-state index contributed by atoms with van der Waals surface area (Å²) in [6.07, 6.45) is 1.67. The first kappa shape index (κ1) is 21.4. The first-order chi connectivity index (χ1) is 14.3. The summed E-state index contributed by atoms with van der Waals surface area (Å²) in [5.74, 6) is 1.17. The molecule has 0 fully saturated rings. The Morgan fingerprint density at radius 2 is 1.93 bits per heavy atom. The van der Waals surface area contributed by atoms with E-state index < -0.39 is 6.03 Å². The molecule has 3 rings (SSSR count). The van der Waals surface area contributed by atoms with Crippen LogP contribution in [-0.2, 0) is 5.75 Å². The Labute approximate surface area is 178 Å². The Morgan fingerprint density at radius 3 is 2.57 bits per heavy atom. The van der Waals surface area contributed by atoms with Gasteiger partial charge in [-0.1, -0.05) is 17.3 Å². The molecule has 0 spiro atoms. The molecule has 0 aliphatic rings. The number of hydrogen-bond donors (Lipinski definition) is 3. The van der Waals surface area contributed by atoms with Crippen LogP contribution in [0.2, 0.25) is 0 Å². The van der Waals surface area contributed by atoms with E-state index in [1.807, 2.05) is 32.9 Å². The van der Waals surface area contributed by atoms with E-state index in [0.29, 0.717) is 22.0 Å². The summed E-state index contributed by atoms with van der Waals surface area (Å²) in [5, 5.41) is 10.1. The zero-order valence-corrected chi connectivity index (χ0v) is 17.7. The summed E-state index contributed by atoms with van der Waals surface area (Å²) >= 11 is 1.47. The van der Waals surface area contributed by atoms with E-state index in [1.165, 1.54) is 11.8 Å². The van der Waals surface area contributed by atoms with Crippen molar-refractivity contribution in [3.05, 3.63) is 70.7 Å². The number of pyridine rings is 1. The van der Waals surface area contributed by atoms with Crippen LogP contribution in [0.15, 0.2) is 52.1 Å². The number of rotatable bonds is 7. The fourth-order valence-electron chi connectivity index (χ4n) is 2.88. The van der Waals surface area contributed by atoms with Crippen molar-refractivity contribution in [3.8, 4) is 0 Å². The van der Waals surface area contributed by atoms with Crippen molar-refractivity contribution in [2.45, 2.75) is 37.6 Å². The molecule has 4 N–H and O–H groups in total. The van der Waals surface area contributed by atoms with E-state index in [-0.39, 0.29) is 11.9 Å². The summed E-state index contributed by atoms with van der Waals surface area (Å²) < 4.78 is 5.20. The van der Waals surface area contributed by atoms with Crippen LogP contribution >= 0.6 is 11.8 Å². The lowest BCUT2D eigenvalue weighted by atomic mass is 10.1. The van der Waals surface area contributed by atoms with Crippen LogP contribution in [0.25, 0.3) is 0 Å². The van der Waals surface area contributed by atoms with Gasteiger partial charge in [-0.25, -0.2) is 9.78 Å². The van der Waals surface area contributed by atoms with Gasteiger partial charge in [-0.05, 0) is 50.6 Å². The van der Waals surface area contributed by atoms with Crippen molar-refractivity contribution in [1.29, 1.82) is 0 Å². The predicted molar refractivity (Wildman–Crippen MR) is 115 cm³/mol. The number of nitrogens with zero attached hydrogens (tertiary/aromatic N) is 2. The first-order valence-electron chi connectivity index (χ1n) is 9.32. The maximum absolute atomic E-state index is 12.9. The van der Waals surface area contributed by atoms with Gasteiger partial charge in [0, 0.05) is 23.2 Å². The largest absolute Gasteiger partial charge is 0.361 e. The van der Waals surface area contributed by atoms with Crippen LogP contribution in [0.4, 0.5) is 10.5 Å². The average molecular weight is 426 g/mol. The molecule has 30 heavy (non-hydrogen) atoms. The molecule has 0 radical (unpaired) electrons. The molecule has 1 unspecified atom stereocenters. The maximum atomic E-state index is 12.9. The summed E-state index contributed by atoms with van der Waals surface area (Å²) in [5.41, 5.74) is 8.96. The SMILES string of the molecule is Cc1noc(C)c1CSc1ncccc1C(=O)NC(C)c1ccc(NC(N)=O)cc1. The van der Waals surface area contributed by atoms with E-state index in [1.54, 1.807) is 30.5 Å². The van der Waals surface area contributed by atoms with Crippen LogP contribution in [0.1, 0.15) is 45.9 Å². The van der Waals surface area contributed by atoms with E-state index in [4.69, 9.17) is 10.3 Å². The highest BCUT2D eigenvalue weighted by Gasteiger charge is 2.17. The lowest BCUT2D eigenvalue weighted by molar-refractivity contribution is 0.0936. The number of amides is 3. The van der Waals surface area contributed by atoms with E-state index >= 15 is 0 Å². The maximum Gasteiger partial charge on any atom is 0.316 e. The average Bonchev–Trinajstić information content (AvgIpc) is 3.04. The van der Waals surface area contributed by atoms with Crippen molar-refractivity contribution in [2.75, 3.05) is 5.32 Å². The molecular weight excluding hydrogens is 402 g/mol. The Bertz CT molecular complexity index is 1030. The molecule has 0 saturated carbocycles. The third kappa shape index (κ3) is 5.18. The topological polar surface area (TPSA) is 123 Å². The van der Waals surface area contributed by atoms with Crippen LogP contribution < -0.4 is 16.4 Å². The molecule has 0 saturated heterocycles. The van der Waals surface area contributed by atoms with Gasteiger partial charge in [0.15, 0.2) is 0 Å². The lowest BCUT2D eigenvalue weighted by Gasteiger charge is -2.16. The zero-order chi connectivity index (χ0) is 21.7. The molecule has 8 nitrogen and oxygen atoms in total.